The summed E-state index contributed by atoms with van der Waals surface area (Å²) in [5.74, 6) is -0.528. The molecule has 0 aliphatic carbocycles. The van der Waals surface area contributed by atoms with Crippen LogP contribution in [0.1, 0.15) is 28.8 Å². The molecule has 5 heteroatoms. The minimum atomic E-state index is -0.469. The lowest BCUT2D eigenvalue weighted by Gasteiger charge is -2.28. The maximum Gasteiger partial charge on any atom is 0.248 e. The largest absolute Gasteiger partial charge is 0.393 e. The molecule has 1 aromatic rings. The van der Waals surface area contributed by atoms with Gasteiger partial charge < -0.3 is 15.7 Å². The van der Waals surface area contributed by atoms with Crippen molar-refractivity contribution in [1.29, 1.82) is 0 Å². The fraction of sp³-hybridized carbons (Fsp3) is 0.333. The predicted molar refractivity (Wildman–Crippen MR) is 75.8 cm³/mol. The molecule has 0 atom stereocenters. The molecule has 3 N–H and O–H groups in total. The zero-order chi connectivity index (χ0) is 14.5. The second-order valence-corrected chi connectivity index (χ2v) is 4.88. The van der Waals surface area contributed by atoms with Crippen LogP contribution in [0.25, 0.3) is 6.08 Å². The molecule has 0 bridgehead atoms. The average Bonchev–Trinajstić information content (AvgIpc) is 2.46. The van der Waals surface area contributed by atoms with Crippen LogP contribution < -0.4 is 5.73 Å². The van der Waals surface area contributed by atoms with E-state index >= 15 is 0 Å². The number of aliphatic hydroxyl groups excluding tert-OH is 1. The number of rotatable bonds is 3. The smallest absolute Gasteiger partial charge is 0.248 e. The van der Waals surface area contributed by atoms with Crippen LogP contribution in [0.3, 0.4) is 0 Å². The Labute approximate surface area is 117 Å². The minimum Gasteiger partial charge on any atom is -0.393 e. The summed E-state index contributed by atoms with van der Waals surface area (Å²) in [6, 6.07) is 6.74. The summed E-state index contributed by atoms with van der Waals surface area (Å²) in [5.41, 5.74) is 6.43. The van der Waals surface area contributed by atoms with Crippen molar-refractivity contribution in [3.8, 4) is 0 Å². The number of piperidine rings is 1. The number of amides is 2. The summed E-state index contributed by atoms with van der Waals surface area (Å²) in [4.78, 5) is 24.6. The lowest BCUT2D eigenvalue weighted by atomic mass is 10.1. The van der Waals surface area contributed by atoms with Crippen molar-refractivity contribution in [3.05, 3.63) is 41.5 Å². The van der Waals surface area contributed by atoms with Crippen molar-refractivity contribution >= 4 is 17.9 Å². The van der Waals surface area contributed by atoms with Gasteiger partial charge in [-0.05, 0) is 36.6 Å². The summed E-state index contributed by atoms with van der Waals surface area (Å²) < 4.78 is 0. The molecule has 0 saturated carbocycles. The minimum absolute atomic E-state index is 0.0594. The zero-order valence-corrected chi connectivity index (χ0v) is 11.2. The molecule has 0 radical (unpaired) electrons. The van der Waals surface area contributed by atoms with Crippen molar-refractivity contribution in [3.63, 3.8) is 0 Å². The second-order valence-electron chi connectivity index (χ2n) is 4.88. The van der Waals surface area contributed by atoms with Crippen LogP contribution in [-0.4, -0.2) is 41.0 Å². The highest BCUT2D eigenvalue weighted by Gasteiger charge is 2.19. The van der Waals surface area contributed by atoms with E-state index in [1.165, 1.54) is 6.08 Å². The number of primary amides is 1. The number of carbonyl (C=O) groups excluding carboxylic acids is 2. The van der Waals surface area contributed by atoms with Crippen LogP contribution in [0.4, 0.5) is 0 Å². The first-order chi connectivity index (χ1) is 9.56. The van der Waals surface area contributed by atoms with Gasteiger partial charge in [-0.1, -0.05) is 12.1 Å². The maximum atomic E-state index is 11.9. The van der Waals surface area contributed by atoms with Crippen LogP contribution in [0, 0.1) is 0 Å². The monoisotopic (exact) mass is 274 g/mol. The fourth-order valence-electron chi connectivity index (χ4n) is 2.12. The Hall–Kier alpha value is -2.14. The third kappa shape index (κ3) is 3.68. The van der Waals surface area contributed by atoms with Gasteiger partial charge in [-0.3, -0.25) is 9.59 Å². The first-order valence-corrected chi connectivity index (χ1v) is 6.61. The highest BCUT2D eigenvalue weighted by atomic mass is 16.3. The normalized spacial score (nSPS) is 16.6. The van der Waals surface area contributed by atoms with Gasteiger partial charge in [0.15, 0.2) is 0 Å². The van der Waals surface area contributed by atoms with Crippen LogP contribution >= 0.6 is 0 Å². The molecule has 1 fully saturated rings. The molecule has 2 rings (SSSR count). The van der Waals surface area contributed by atoms with Crippen LogP contribution in [0.15, 0.2) is 30.3 Å². The Morgan fingerprint density at radius 2 is 1.80 bits per heavy atom. The summed E-state index contributed by atoms with van der Waals surface area (Å²) in [6.45, 7) is 1.18. The van der Waals surface area contributed by atoms with E-state index in [-0.39, 0.29) is 12.0 Å². The van der Waals surface area contributed by atoms with Crippen molar-refractivity contribution in [2.75, 3.05) is 13.1 Å². The summed E-state index contributed by atoms with van der Waals surface area (Å²) in [6.07, 6.45) is 4.19. The van der Waals surface area contributed by atoms with E-state index in [4.69, 9.17) is 5.73 Å². The zero-order valence-electron chi connectivity index (χ0n) is 11.2. The quantitative estimate of drug-likeness (QED) is 0.799. The number of carbonyl (C=O) groups is 2. The van der Waals surface area contributed by atoms with Crippen molar-refractivity contribution in [1.82, 2.24) is 4.90 Å². The Morgan fingerprint density at radius 1 is 1.20 bits per heavy atom. The first-order valence-electron chi connectivity index (χ1n) is 6.61. The molecular formula is C15H18N2O3. The molecule has 1 aliphatic rings. The van der Waals surface area contributed by atoms with Gasteiger partial charge in [0.2, 0.25) is 11.8 Å². The molecule has 0 unspecified atom stereocenters. The van der Waals surface area contributed by atoms with Gasteiger partial charge in [0.05, 0.1) is 6.10 Å². The number of aliphatic hydroxyl groups is 1. The number of likely N-dealkylation sites (tertiary alicyclic amines) is 1. The highest BCUT2D eigenvalue weighted by molar-refractivity contribution is 5.94. The van der Waals surface area contributed by atoms with E-state index in [1.807, 2.05) is 0 Å². The van der Waals surface area contributed by atoms with Gasteiger partial charge in [0.1, 0.15) is 0 Å². The van der Waals surface area contributed by atoms with E-state index < -0.39 is 5.91 Å². The van der Waals surface area contributed by atoms with E-state index in [2.05, 4.69) is 0 Å². The molecule has 106 valence electrons. The van der Waals surface area contributed by atoms with Gasteiger partial charge >= 0.3 is 0 Å². The molecular weight excluding hydrogens is 256 g/mol. The fourth-order valence-corrected chi connectivity index (χ4v) is 2.12. The summed E-state index contributed by atoms with van der Waals surface area (Å²) in [7, 11) is 0. The number of hydrogen-bond acceptors (Lipinski definition) is 3. The SMILES string of the molecule is NC(=O)c1ccc(/C=C/C(=O)N2CCC(O)CC2)cc1. The third-order valence-corrected chi connectivity index (χ3v) is 3.39. The van der Waals surface area contributed by atoms with Gasteiger partial charge in [0, 0.05) is 24.7 Å². The number of hydrogen-bond donors (Lipinski definition) is 2. The molecule has 20 heavy (non-hydrogen) atoms. The van der Waals surface area contributed by atoms with Crippen molar-refractivity contribution in [2.24, 2.45) is 5.73 Å². The first kappa shape index (κ1) is 14.3. The molecule has 0 spiro atoms. The lowest BCUT2D eigenvalue weighted by Crippen LogP contribution is -2.39. The molecule has 0 aromatic heterocycles. The summed E-state index contributed by atoms with van der Waals surface area (Å²) >= 11 is 0. The molecule has 2 amide bonds. The van der Waals surface area contributed by atoms with Gasteiger partial charge in [-0.15, -0.1) is 0 Å². The third-order valence-electron chi connectivity index (χ3n) is 3.39. The second kappa shape index (κ2) is 6.34. The molecule has 5 nitrogen and oxygen atoms in total. The van der Waals surface area contributed by atoms with Crippen molar-refractivity contribution < 1.29 is 14.7 Å². The van der Waals surface area contributed by atoms with Gasteiger partial charge in [-0.2, -0.15) is 0 Å². The van der Waals surface area contributed by atoms with E-state index in [1.54, 1.807) is 35.2 Å². The van der Waals surface area contributed by atoms with Gasteiger partial charge in [-0.25, -0.2) is 0 Å². The molecule has 1 heterocycles. The maximum absolute atomic E-state index is 11.9. The number of benzene rings is 1. The topological polar surface area (TPSA) is 83.6 Å². The number of nitrogens with zero attached hydrogens (tertiary/aromatic N) is 1. The van der Waals surface area contributed by atoms with Gasteiger partial charge in [0.25, 0.3) is 0 Å². The predicted octanol–water partition coefficient (Wildman–Crippen LogP) is 0.782. The summed E-state index contributed by atoms with van der Waals surface area (Å²) in [5, 5.41) is 9.39. The van der Waals surface area contributed by atoms with Crippen LogP contribution in [0.2, 0.25) is 0 Å². The lowest BCUT2D eigenvalue weighted by molar-refractivity contribution is -0.127. The highest BCUT2D eigenvalue weighted by Crippen LogP contribution is 2.11. The number of nitrogens with two attached hydrogens (primary N) is 1. The van der Waals surface area contributed by atoms with Crippen molar-refractivity contribution in [2.45, 2.75) is 18.9 Å². The molecule has 1 aromatic carbocycles. The van der Waals surface area contributed by atoms with Crippen LogP contribution in [0.5, 0.6) is 0 Å². The Morgan fingerprint density at radius 3 is 2.35 bits per heavy atom. The standard InChI is InChI=1S/C15H18N2O3/c16-15(20)12-4-1-11(2-5-12)3-6-14(19)17-9-7-13(18)8-10-17/h1-6,13,18H,7-10H2,(H2,16,20)/b6-3+. The Kier molecular flexibility index (Phi) is 4.53. The van der Waals surface area contributed by atoms with Crippen LogP contribution in [-0.2, 0) is 4.79 Å². The average molecular weight is 274 g/mol. The van der Waals surface area contributed by atoms with E-state index in [9.17, 15) is 14.7 Å². The molecule has 1 aliphatic heterocycles. The molecule has 1 saturated heterocycles. The van der Waals surface area contributed by atoms with E-state index in [0.717, 1.165) is 5.56 Å². The Balaban J connectivity index is 1.95. The Bertz CT molecular complexity index is 514. The van der Waals surface area contributed by atoms with E-state index in [0.29, 0.717) is 31.5 Å².